The second-order valence-corrected chi connectivity index (χ2v) is 24.4. The summed E-state index contributed by atoms with van der Waals surface area (Å²) >= 11 is 19.4. The Hall–Kier alpha value is -8.23. The number of rotatable bonds is 23. The van der Waals surface area contributed by atoms with Gasteiger partial charge in [0.05, 0.1) is 61.4 Å². The third kappa shape index (κ3) is 14.5. The van der Waals surface area contributed by atoms with Crippen molar-refractivity contribution in [2.45, 2.75) is 57.0 Å². The summed E-state index contributed by atoms with van der Waals surface area (Å²) in [5, 5.41) is 35.5. The number of amides is 4. The zero-order valence-corrected chi connectivity index (χ0v) is 52.5. The summed E-state index contributed by atoms with van der Waals surface area (Å²) in [6.07, 6.45) is 1.57. The van der Waals surface area contributed by atoms with E-state index < -0.39 is 58.1 Å². The minimum atomic E-state index is -1.84. The van der Waals surface area contributed by atoms with Crippen LogP contribution in [0.1, 0.15) is 61.0 Å². The zero-order valence-electron chi connectivity index (χ0n) is 50.2. The fourth-order valence-electron chi connectivity index (χ4n) is 11.7. The first-order valence-corrected chi connectivity index (χ1v) is 30.3. The molecule has 0 bridgehead atoms. The number of anilines is 3. The highest BCUT2D eigenvalue weighted by atomic mass is 35.5. The van der Waals surface area contributed by atoms with Crippen LogP contribution in [0.5, 0.6) is 11.5 Å². The molecule has 0 radical (unpaired) electrons. The molecule has 3 heterocycles. The number of piperazine rings is 1. The number of ether oxygens (including phenoxy) is 3. The standard InChI is InChI=1S/C66H68Cl3F3N10O8/c1-7-53(84)81-22-24-82(25-23-81)61-45-35-48(69)55(44-34-41(83)31-38-11-8-9-12-42(38)44)58(72)59(45)78-64(79-61)75-20-19-54(85)80(5)26-28-90-30-29-89-27-21-74-62(86)39-15-18-50(51(32-39)88-6)76-63(87)60-56(43-13-10-14-47(68)57(43)71)66(37-73,52(77-60)36-65(2,3)4)46-17-16-40(67)33-49(46)70/h7-18,31-35,52,56,60,77,83H,1,19-30,36H2,2-6H3,(H,74,86)(H,76,87)(H,75,78,79)/t52-,56-,60+,66-/m0/s1. The normalized spacial score (nSPS) is 17.5. The molecule has 5 N–H and O–H groups in total. The number of aromatic nitrogens is 2. The lowest BCUT2D eigenvalue weighted by atomic mass is 9.62. The van der Waals surface area contributed by atoms with Gasteiger partial charge in [-0.3, -0.25) is 19.2 Å². The van der Waals surface area contributed by atoms with Crippen LogP contribution >= 0.6 is 34.8 Å². The van der Waals surface area contributed by atoms with Crippen LogP contribution in [0.3, 0.4) is 0 Å². The lowest BCUT2D eigenvalue weighted by Crippen LogP contribution is -2.48. The van der Waals surface area contributed by atoms with Gasteiger partial charge in [0.1, 0.15) is 39.9 Å². The van der Waals surface area contributed by atoms with Crippen molar-refractivity contribution in [2.75, 3.05) is 102 Å². The Balaban J connectivity index is 0.754. The van der Waals surface area contributed by atoms with Crippen molar-refractivity contribution in [3.05, 3.63) is 159 Å². The summed E-state index contributed by atoms with van der Waals surface area (Å²) < 4.78 is 66.4. The number of benzene rings is 6. The predicted molar refractivity (Wildman–Crippen MR) is 342 cm³/mol. The van der Waals surface area contributed by atoms with Crippen LogP contribution in [0.2, 0.25) is 15.1 Å². The highest BCUT2D eigenvalue weighted by Gasteiger charge is 2.61. The molecule has 0 spiro atoms. The van der Waals surface area contributed by atoms with Gasteiger partial charge < -0.3 is 55.3 Å². The van der Waals surface area contributed by atoms with Gasteiger partial charge >= 0.3 is 0 Å². The Labute approximate surface area is 534 Å². The van der Waals surface area contributed by atoms with Crippen molar-refractivity contribution in [2.24, 2.45) is 5.41 Å². The Morgan fingerprint density at radius 1 is 0.878 bits per heavy atom. The molecule has 2 aliphatic heterocycles. The van der Waals surface area contributed by atoms with E-state index in [4.69, 9.17) is 54.0 Å². The van der Waals surface area contributed by atoms with Crippen LogP contribution in [-0.2, 0) is 29.3 Å². The Kier molecular flexibility index (Phi) is 21.1. The first kappa shape index (κ1) is 66.2. The Bertz CT molecular complexity index is 3920. The van der Waals surface area contributed by atoms with E-state index in [0.29, 0.717) is 53.7 Å². The predicted octanol–water partition coefficient (Wildman–Crippen LogP) is 11.1. The van der Waals surface area contributed by atoms with Crippen molar-refractivity contribution in [3.8, 4) is 28.7 Å². The molecule has 0 aliphatic carbocycles. The molecule has 2 saturated heterocycles. The molecule has 0 unspecified atom stereocenters. The number of carbonyl (C=O) groups excluding carboxylic acids is 4. The highest BCUT2D eigenvalue weighted by molar-refractivity contribution is 6.35. The lowest BCUT2D eigenvalue weighted by molar-refractivity contribution is -0.130. The topological polar surface area (TPSA) is 224 Å². The number of nitriles is 1. The third-order valence-corrected chi connectivity index (χ3v) is 16.8. The number of phenolic OH excluding ortho intramolecular Hbond substituents is 1. The SMILES string of the molecule is C=CC(=O)N1CCN(c2nc(NCCC(=O)N(C)CCOCCOCCNC(=O)c3ccc(NC(=O)[C@@H]4N[C@@H](CC(C)(C)C)[C@](C#N)(c5ccc(Cl)cc5F)[C@H]4c4cccc(Cl)c4F)c(OC)c3)nc3c(F)c(-c4cc(O)cc5ccccc45)c(Cl)cc23)CC1. The number of carbonyl (C=O) groups is 4. The minimum Gasteiger partial charge on any atom is -0.508 e. The maximum Gasteiger partial charge on any atom is 0.251 e. The monoisotopic (exact) mass is 1290 g/mol. The second-order valence-electron chi connectivity index (χ2n) is 23.1. The van der Waals surface area contributed by atoms with Gasteiger partial charge in [0.25, 0.3) is 5.91 Å². The van der Waals surface area contributed by atoms with Gasteiger partial charge in [-0.2, -0.15) is 10.2 Å². The molecule has 4 atom stereocenters. The molecule has 90 heavy (non-hydrogen) atoms. The van der Waals surface area contributed by atoms with E-state index in [9.17, 15) is 29.5 Å². The largest absolute Gasteiger partial charge is 0.508 e. The molecule has 2 aliphatic rings. The number of hydrogen-bond donors (Lipinski definition) is 5. The van der Waals surface area contributed by atoms with Gasteiger partial charge in [0, 0.05) is 98.3 Å². The van der Waals surface area contributed by atoms with Gasteiger partial charge in [0.2, 0.25) is 23.7 Å². The molecular weight excluding hydrogens is 1220 g/mol. The molecule has 6 aromatic carbocycles. The van der Waals surface area contributed by atoms with Crippen LogP contribution in [0, 0.1) is 34.2 Å². The van der Waals surface area contributed by atoms with Crippen molar-refractivity contribution >= 4 is 97.6 Å². The summed E-state index contributed by atoms with van der Waals surface area (Å²) in [6.45, 7) is 12.2. The van der Waals surface area contributed by atoms with Gasteiger partial charge in [-0.15, -0.1) is 0 Å². The summed E-state index contributed by atoms with van der Waals surface area (Å²) in [7, 11) is 3.00. The molecule has 2 fully saturated rings. The minimum absolute atomic E-state index is 0.0266. The molecule has 7 aromatic rings. The summed E-state index contributed by atoms with van der Waals surface area (Å²) in [5.74, 6) is -4.73. The number of phenols is 1. The molecule has 9 rings (SSSR count). The number of nitrogens with one attached hydrogen (secondary N) is 4. The number of likely N-dealkylation sites (N-methyl/N-ethyl adjacent to an activating group) is 1. The van der Waals surface area contributed by atoms with Crippen LogP contribution in [-0.4, -0.2) is 147 Å². The molecule has 24 heteroatoms. The molecule has 472 valence electrons. The van der Waals surface area contributed by atoms with E-state index in [2.05, 4.69) is 38.9 Å². The third-order valence-electron chi connectivity index (χ3n) is 16.0. The Morgan fingerprint density at radius 3 is 2.33 bits per heavy atom. The smallest absolute Gasteiger partial charge is 0.251 e. The number of aromatic hydroxyl groups is 1. The number of fused-ring (bicyclic) bond motifs is 2. The second kappa shape index (κ2) is 28.7. The van der Waals surface area contributed by atoms with Crippen molar-refractivity contribution < 1.29 is 51.7 Å². The van der Waals surface area contributed by atoms with Crippen LogP contribution in [0.15, 0.2) is 110 Å². The van der Waals surface area contributed by atoms with E-state index in [1.54, 1.807) is 24.1 Å². The van der Waals surface area contributed by atoms with Gasteiger partial charge in [-0.05, 0) is 94.4 Å². The summed E-state index contributed by atoms with van der Waals surface area (Å²) in [6, 6.07) is 24.6. The molecule has 0 saturated carbocycles. The Morgan fingerprint density at radius 2 is 1.62 bits per heavy atom. The van der Waals surface area contributed by atoms with E-state index in [1.807, 2.05) is 49.9 Å². The van der Waals surface area contributed by atoms with Crippen molar-refractivity contribution in [1.82, 2.24) is 30.4 Å². The van der Waals surface area contributed by atoms with Crippen LogP contribution in [0.25, 0.3) is 32.8 Å². The van der Waals surface area contributed by atoms with Gasteiger partial charge in [0.15, 0.2) is 5.82 Å². The van der Waals surface area contributed by atoms with E-state index >= 15 is 13.2 Å². The number of nitrogens with zero attached hydrogens (tertiary/aromatic N) is 6. The quantitative estimate of drug-likeness (QED) is 0.0297. The van der Waals surface area contributed by atoms with Crippen LogP contribution < -0.4 is 30.9 Å². The maximum absolute atomic E-state index is 17.1. The fourth-order valence-corrected chi connectivity index (χ4v) is 12.3. The first-order chi connectivity index (χ1) is 43.1. The van der Waals surface area contributed by atoms with Crippen molar-refractivity contribution in [1.29, 1.82) is 5.26 Å². The fraction of sp³-hybridized carbons (Fsp3) is 0.348. The van der Waals surface area contributed by atoms with Gasteiger partial charge in [-0.25, -0.2) is 18.2 Å². The van der Waals surface area contributed by atoms with E-state index in [0.717, 1.165) is 6.07 Å². The highest BCUT2D eigenvalue weighted by Crippen LogP contribution is 2.53. The van der Waals surface area contributed by atoms with Crippen molar-refractivity contribution in [3.63, 3.8) is 0 Å². The first-order valence-electron chi connectivity index (χ1n) is 29.1. The molecular formula is C66H68Cl3F3N10O8. The average molecular weight is 1290 g/mol. The van der Waals surface area contributed by atoms with E-state index in [1.165, 1.54) is 72.7 Å². The van der Waals surface area contributed by atoms with Gasteiger partial charge in [-0.1, -0.05) is 105 Å². The molecule has 1 aromatic heterocycles. The summed E-state index contributed by atoms with van der Waals surface area (Å²) in [4.78, 5) is 68.1. The maximum atomic E-state index is 17.1. The number of halogens is 6. The number of methoxy groups -OCH3 is 1. The zero-order chi connectivity index (χ0) is 64.6. The van der Waals surface area contributed by atoms with Crippen LogP contribution in [0.4, 0.5) is 30.6 Å². The molecule has 4 amide bonds. The van der Waals surface area contributed by atoms with E-state index in [-0.39, 0.29) is 137 Å². The lowest BCUT2D eigenvalue weighted by Gasteiger charge is -2.37. The average Bonchev–Trinajstić information content (AvgIpc) is 1.50. The molecule has 18 nitrogen and oxygen atoms in total. The number of hydrogen-bond acceptors (Lipinski definition) is 14. The summed E-state index contributed by atoms with van der Waals surface area (Å²) in [5.41, 5.74) is -1.66.